The Hall–Kier alpha value is -1.10. The molecular formula is C11H19NO4. The van der Waals surface area contributed by atoms with Crippen molar-refractivity contribution in [3.8, 4) is 0 Å². The van der Waals surface area contributed by atoms with Crippen molar-refractivity contribution in [3.63, 3.8) is 0 Å². The standard InChI is InChI=1S/C11H19NO4/c1-10(2,3)8-6-11(7-14-4,16-12-8)9(13)15-5/h6-7H2,1-5H3. The number of ether oxygens (including phenoxy) is 2. The lowest BCUT2D eigenvalue weighted by Gasteiger charge is -2.24. The number of carbonyl (C=O) groups is 1. The molecule has 0 bridgehead atoms. The second-order valence-electron chi connectivity index (χ2n) is 4.97. The molecule has 0 N–H and O–H groups in total. The summed E-state index contributed by atoms with van der Waals surface area (Å²) in [6.45, 7) is 6.21. The van der Waals surface area contributed by atoms with Gasteiger partial charge in [0.25, 0.3) is 5.60 Å². The van der Waals surface area contributed by atoms with Gasteiger partial charge in [0, 0.05) is 18.9 Å². The van der Waals surface area contributed by atoms with E-state index in [1.54, 1.807) is 0 Å². The molecule has 1 atom stereocenters. The van der Waals surface area contributed by atoms with E-state index in [4.69, 9.17) is 14.3 Å². The van der Waals surface area contributed by atoms with Gasteiger partial charge in [-0.15, -0.1) is 0 Å². The number of esters is 1. The molecule has 1 aliphatic rings. The maximum atomic E-state index is 11.7. The largest absolute Gasteiger partial charge is 0.466 e. The summed E-state index contributed by atoms with van der Waals surface area (Å²) < 4.78 is 9.75. The Bertz CT molecular complexity index is 306. The number of rotatable bonds is 3. The molecule has 1 unspecified atom stereocenters. The Labute approximate surface area is 95.7 Å². The van der Waals surface area contributed by atoms with Gasteiger partial charge in [-0.3, -0.25) is 0 Å². The molecule has 5 heteroatoms. The lowest BCUT2D eigenvalue weighted by Crippen LogP contribution is -2.45. The summed E-state index contributed by atoms with van der Waals surface area (Å²) in [5.41, 5.74) is -0.384. The minimum atomic E-state index is -1.11. The normalized spacial score (nSPS) is 24.9. The lowest BCUT2D eigenvalue weighted by molar-refractivity contribution is -0.172. The Morgan fingerprint density at radius 1 is 1.50 bits per heavy atom. The quantitative estimate of drug-likeness (QED) is 0.686. The van der Waals surface area contributed by atoms with Crippen LogP contribution in [0.1, 0.15) is 27.2 Å². The Kier molecular flexibility index (Phi) is 3.57. The first kappa shape index (κ1) is 13.0. The molecule has 0 amide bonds. The first-order chi connectivity index (χ1) is 7.35. The zero-order valence-corrected chi connectivity index (χ0v) is 10.5. The van der Waals surface area contributed by atoms with Crippen LogP contribution in [0.15, 0.2) is 5.16 Å². The van der Waals surface area contributed by atoms with Crippen molar-refractivity contribution in [2.24, 2.45) is 10.6 Å². The van der Waals surface area contributed by atoms with Gasteiger partial charge in [-0.2, -0.15) is 0 Å². The van der Waals surface area contributed by atoms with Gasteiger partial charge in [-0.25, -0.2) is 4.79 Å². The SMILES string of the molecule is COCC1(C(=O)OC)CC(C(C)(C)C)=NO1. The highest BCUT2D eigenvalue weighted by molar-refractivity contribution is 5.96. The van der Waals surface area contributed by atoms with Crippen molar-refractivity contribution in [2.45, 2.75) is 32.8 Å². The molecule has 0 radical (unpaired) electrons. The molecule has 1 heterocycles. The van der Waals surface area contributed by atoms with Crippen LogP contribution >= 0.6 is 0 Å². The average molecular weight is 229 g/mol. The van der Waals surface area contributed by atoms with Crippen LogP contribution in [0.5, 0.6) is 0 Å². The second-order valence-corrected chi connectivity index (χ2v) is 4.97. The van der Waals surface area contributed by atoms with E-state index in [1.165, 1.54) is 14.2 Å². The van der Waals surface area contributed by atoms with Crippen molar-refractivity contribution >= 4 is 11.7 Å². The second kappa shape index (κ2) is 4.41. The zero-order chi connectivity index (χ0) is 12.4. The smallest absolute Gasteiger partial charge is 0.355 e. The van der Waals surface area contributed by atoms with Crippen LogP contribution in [0.2, 0.25) is 0 Å². The van der Waals surface area contributed by atoms with Gasteiger partial charge in [-0.05, 0) is 0 Å². The van der Waals surface area contributed by atoms with Gasteiger partial charge < -0.3 is 14.3 Å². The van der Waals surface area contributed by atoms with E-state index in [2.05, 4.69) is 5.16 Å². The molecule has 16 heavy (non-hydrogen) atoms. The molecule has 0 aliphatic carbocycles. The Balaban J connectivity index is 2.85. The molecular weight excluding hydrogens is 210 g/mol. The van der Waals surface area contributed by atoms with Crippen molar-refractivity contribution < 1.29 is 19.1 Å². The number of nitrogens with zero attached hydrogens (tertiary/aromatic N) is 1. The van der Waals surface area contributed by atoms with Crippen molar-refractivity contribution in [1.29, 1.82) is 0 Å². The number of carbonyl (C=O) groups excluding carboxylic acids is 1. The molecule has 0 saturated heterocycles. The average Bonchev–Trinajstić information content (AvgIpc) is 2.62. The number of hydrogen-bond donors (Lipinski definition) is 0. The molecule has 5 nitrogen and oxygen atoms in total. The maximum absolute atomic E-state index is 11.7. The highest BCUT2D eigenvalue weighted by Gasteiger charge is 2.50. The third-order valence-corrected chi connectivity index (χ3v) is 2.58. The van der Waals surface area contributed by atoms with Crippen LogP contribution in [0, 0.1) is 5.41 Å². The summed E-state index contributed by atoms with van der Waals surface area (Å²) in [6, 6.07) is 0. The molecule has 1 rings (SSSR count). The fourth-order valence-corrected chi connectivity index (χ4v) is 1.54. The summed E-state index contributed by atoms with van der Waals surface area (Å²) in [7, 11) is 2.85. The number of hydrogen-bond acceptors (Lipinski definition) is 5. The van der Waals surface area contributed by atoms with Crippen LogP contribution in [0.3, 0.4) is 0 Å². The van der Waals surface area contributed by atoms with Gasteiger partial charge >= 0.3 is 5.97 Å². The van der Waals surface area contributed by atoms with Crippen LogP contribution in [-0.4, -0.2) is 38.1 Å². The Morgan fingerprint density at radius 3 is 2.50 bits per heavy atom. The van der Waals surface area contributed by atoms with E-state index in [-0.39, 0.29) is 12.0 Å². The van der Waals surface area contributed by atoms with Crippen LogP contribution in [0.4, 0.5) is 0 Å². The van der Waals surface area contributed by atoms with Crippen molar-refractivity contribution in [3.05, 3.63) is 0 Å². The number of oxime groups is 1. The van der Waals surface area contributed by atoms with E-state index in [1.807, 2.05) is 20.8 Å². The highest BCUT2D eigenvalue weighted by atomic mass is 16.7. The molecule has 0 aromatic heterocycles. The summed E-state index contributed by atoms with van der Waals surface area (Å²) in [6.07, 6.45) is 0.414. The zero-order valence-electron chi connectivity index (χ0n) is 10.5. The van der Waals surface area contributed by atoms with Gasteiger partial charge in [-0.1, -0.05) is 25.9 Å². The van der Waals surface area contributed by atoms with Crippen molar-refractivity contribution in [2.75, 3.05) is 20.8 Å². The lowest BCUT2D eigenvalue weighted by atomic mass is 9.83. The highest BCUT2D eigenvalue weighted by Crippen LogP contribution is 2.33. The van der Waals surface area contributed by atoms with E-state index >= 15 is 0 Å². The third kappa shape index (κ3) is 2.35. The summed E-state index contributed by atoms with van der Waals surface area (Å²) in [5.74, 6) is -0.447. The first-order valence-corrected chi connectivity index (χ1v) is 5.18. The van der Waals surface area contributed by atoms with Crippen LogP contribution in [-0.2, 0) is 19.1 Å². The van der Waals surface area contributed by atoms with E-state index in [9.17, 15) is 4.79 Å². The molecule has 1 aliphatic heterocycles. The monoisotopic (exact) mass is 229 g/mol. The predicted molar refractivity (Wildman–Crippen MR) is 59.2 cm³/mol. The summed E-state index contributed by atoms with van der Waals surface area (Å²) in [5, 5.41) is 3.98. The molecule has 92 valence electrons. The molecule has 0 aromatic rings. The minimum Gasteiger partial charge on any atom is -0.466 e. The van der Waals surface area contributed by atoms with Gasteiger partial charge in [0.05, 0.1) is 12.8 Å². The molecule has 0 fully saturated rings. The first-order valence-electron chi connectivity index (χ1n) is 5.18. The van der Waals surface area contributed by atoms with E-state index < -0.39 is 11.6 Å². The van der Waals surface area contributed by atoms with Crippen LogP contribution < -0.4 is 0 Å². The number of methoxy groups -OCH3 is 2. The molecule has 0 saturated carbocycles. The fraction of sp³-hybridized carbons (Fsp3) is 0.818. The Morgan fingerprint density at radius 2 is 2.12 bits per heavy atom. The predicted octanol–water partition coefficient (Wildman–Crippen LogP) is 1.37. The maximum Gasteiger partial charge on any atom is 0.355 e. The summed E-state index contributed by atoms with van der Waals surface area (Å²) >= 11 is 0. The third-order valence-electron chi connectivity index (χ3n) is 2.58. The van der Waals surface area contributed by atoms with Gasteiger partial charge in [0.15, 0.2) is 0 Å². The van der Waals surface area contributed by atoms with Crippen LogP contribution in [0.25, 0.3) is 0 Å². The topological polar surface area (TPSA) is 57.1 Å². The molecule has 0 spiro atoms. The van der Waals surface area contributed by atoms with Gasteiger partial charge in [0.2, 0.25) is 0 Å². The molecule has 0 aromatic carbocycles. The van der Waals surface area contributed by atoms with E-state index in [0.717, 1.165) is 5.71 Å². The minimum absolute atomic E-state index is 0.122. The summed E-state index contributed by atoms with van der Waals surface area (Å²) in [4.78, 5) is 17.0. The van der Waals surface area contributed by atoms with E-state index in [0.29, 0.717) is 6.42 Å². The van der Waals surface area contributed by atoms with Gasteiger partial charge in [0.1, 0.15) is 6.61 Å². The van der Waals surface area contributed by atoms with Crippen molar-refractivity contribution in [1.82, 2.24) is 0 Å². The fourth-order valence-electron chi connectivity index (χ4n) is 1.54.